The van der Waals surface area contributed by atoms with Crippen LogP contribution in [0.15, 0.2) is 83.8 Å². The van der Waals surface area contributed by atoms with Gasteiger partial charge in [0.05, 0.1) is 17.8 Å². The molecule has 3 N–H and O–H groups in total. The van der Waals surface area contributed by atoms with Crippen LogP contribution < -0.4 is 0 Å². The van der Waals surface area contributed by atoms with Crippen molar-refractivity contribution in [3.8, 4) is 0 Å². The molecule has 4 rings (SSSR count). The molecule has 0 aliphatic carbocycles. The Kier molecular flexibility index (Phi) is 5.35. The highest BCUT2D eigenvalue weighted by Crippen LogP contribution is 2.55. The standard InChI is InChI=1S/C22H21ClN2O2.H2O/c1-16-13-24-25(14-16)15-19-20(23)22(21(2,26)27-19,17-9-5-3-6-10-17)18-11-7-4-8-12-18;/h3-14,26H,15H2,1-2H3;1H2. The summed E-state index contributed by atoms with van der Waals surface area (Å²) >= 11 is 6.96. The number of ether oxygens (including phenoxy) is 1. The van der Waals surface area contributed by atoms with E-state index in [1.165, 1.54) is 0 Å². The third kappa shape index (κ3) is 3.02. The number of rotatable bonds is 4. The topological polar surface area (TPSA) is 78.8 Å². The number of halogens is 1. The summed E-state index contributed by atoms with van der Waals surface area (Å²) in [7, 11) is 0. The van der Waals surface area contributed by atoms with Gasteiger partial charge in [0.1, 0.15) is 11.2 Å². The Bertz CT molecular complexity index is 942. The van der Waals surface area contributed by atoms with Gasteiger partial charge < -0.3 is 15.3 Å². The molecule has 0 spiro atoms. The Morgan fingerprint density at radius 1 is 1.04 bits per heavy atom. The zero-order valence-corrected chi connectivity index (χ0v) is 16.5. The Balaban J connectivity index is 0.00000225. The van der Waals surface area contributed by atoms with Crippen molar-refractivity contribution in [2.75, 3.05) is 0 Å². The average Bonchev–Trinajstić information content (AvgIpc) is 3.15. The van der Waals surface area contributed by atoms with Crippen molar-refractivity contribution in [1.82, 2.24) is 9.78 Å². The van der Waals surface area contributed by atoms with Crippen molar-refractivity contribution >= 4 is 11.6 Å². The van der Waals surface area contributed by atoms with Crippen molar-refractivity contribution < 1.29 is 15.3 Å². The second kappa shape index (κ2) is 7.43. The highest BCUT2D eigenvalue weighted by Gasteiger charge is 2.60. The number of hydrogen-bond acceptors (Lipinski definition) is 3. The number of benzene rings is 2. The minimum Gasteiger partial charge on any atom is -0.462 e. The van der Waals surface area contributed by atoms with E-state index >= 15 is 0 Å². The molecule has 5 nitrogen and oxygen atoms in total. The van der Waals surface area contributed by atoms with Gasteiger partial charge in [0.15, 0.2) is 0 Å². The summed E-state index contributed by atoms with van der Waals surface area (Å²) in [5.41, 5.74) is 1.78. The average molecular weight is 399 g/mol. The number of allylic oxidation sites excluding steroid dienone is 1. The van der Waals surface area contributed by atoms with Gasteiger partial charge in [-0.15, -0.1) is 0 Å². The number of hydrogen-bond donors (Lipinski definition) is 1. The van der Waals surface area contributed by atoms with Crippen LogP contribution in [0.3, 0.4) is 0 Å². The van der Waals surface area contributed by atoms with E-state index in [9.17, 15) is 5.11 Å². The molecule has 0 bridgehead atoms. The minimum absolute atomic E-state index is 0. The number of aryl methyl sites for hydroxylation is 1. The van der Waals surface area contributed by atoms with E-state index in [0.29, 0.717) is 17.3 Å². The van der Waals surface area contributed by atoms with Crippen LogP contribution in [0.5, 0.6) is 0 Å². The number of aromatic nitrogens is 2. The van der Waals surface area contributed by atoms with E-state index in [1.54, 1.807) is 17.8 Å². The first-order valence-corrected chi connectivity index (χ1v) is 9.23. The van der Waals surface area contributed by atoms with Gasteiger partial charge in [-0.05, 0) is 23.6 Å². The van der Waals surface area contributed by atoms with Crippen molar-refractivity contribution in [3.63, 3.8) is 0 Å². The molecule has 146 valence electrons. The first-order chi connectivity index (χ1) is 12.9. The fourth-order valence-corrected chi connectivity index (χ4v) is 4.40. The van der Waals surface area contributed by atoms with Gasteiger partial charge in [-0.25, -0.2) is 0 Å². The van der Waals surface area contributed by atoms with E-state index in [0.717, 1.165) is 16.7 Å². The van der Waals surface area contributed by atoms with E-state index in [1.807, 2.05) is 73.8 Å². The monoisotopic (exact) mass is 398 g/mol. The summed E-state index contributed by atoms with van der Waals surface area (Å²) < 4.78 is 7.80. The predicted octanol–water partition coefficient (Wildman–Crippen LogP) is 3.54. The Labute approximate surface area is 169 Å². The fourth-order valence-electron chi connectivity index (χ4n) is 3.91. The molecule has 2 aromatic carbocycles. The van der Waals surface area contributed by atoms with Crippen LogP contribution in [0.1, 0.15) is 23.6 Å². The molecule has 1 atom stereocenters. The second-order valence-electron chi connectivity index (χ2n) is 7.02. The quantitative estimate of drug-likeness (QED) is 0.730. The lowest BCUT2D eigenvalue weighted by molar-refractivity contribution is -0.176. The van der Waals surface area contributed by atoms with Crippen LogP contribution in [-0.2, 0) is 16.7 Å². The largest absolute Gasteiger partial charge is 0.462 e. The minimum atomic E-state index is -1.55. The SMILES string of the molecule is Cc1cnn(CC2=C(Cl)C(c3ccccc3)(c3ccccc3)C(C)(O)O2)c1.O. The molecule has 28 heavy (non-hydrogen) atoms. The van der Waals surface area contributed by atoms with Crippen LogP contribution in [0.2, 0.25) is 0 Å². The van der Waals surface area contributed by atoms with Gasteiger partial charge in [-0.3, -0.25) is 4.68 Å². The van der Waals surface area contributed by atoms with Gasteiger partial charge in [0.2, 0.25) is 5.79 Å². The number of nitrogens with zero attached hydrogens (tertiary/aromatic N) is 2. The van der Waals surface area contributed by atoms with Gasteiger partial charge in [0.25, 0.3) is 0 Å². The molecule has 6 heteroatoms. The Morgan fingerprint density at radius 2 is 1.57 bits per heavy atom. The summed E-state index contributed by atoms with van der Waals surface area (Å²) in [6.07, 6.45) is 3.70. The van der Waals surface area contributed by atoms with E-state index in [2.05, 4.69) is 5.10 Å². The number of aliphatic hydroxyl groups is 1. The van der Waals surface area contributed by atoms with Crippen molar-refractivity contribution in [2.45, 2.75) is 31.6 Å². The second-order valence-corrected chi connectivity index (χ2v) is 7.40. The third-order valence-corrected chi connectivity index (χ3v) is 5.57. The summed E-state index contributed by atoms with van der Waals surface area (Å²) in [6.45, 7) is 3.99. The maximum atomic E-state index is 11.5. The van der Waals surface area contributed by atoms with Gasteiger partial charge in [0, 0.05) is 13.1 Å². The van der Waals surface area contributed by atoms with Crippen LogP contribution >= 0.6 is 11.6 Å². The highest BCUT2D eigenvalue weighted by atomic mass is 35.5. The van der Waals surface area contributed by atoms with E-state index < -0.39 is 11.2 Å². The third-order valence-electron chi connectivity index (χ3n) is 5.07. The zero-order valence-electron chi connectivity index (χ0n) is 15.8. The van der Waals surface area contributed by atoms with Gasteiger partial charge in [-0.2, -0.15) is 5.10 Å². The smallest absolute Gasteiger partial charge is 0.223 e. The molecule has 0 fully saturated rings. The van der Waals surface area contributed by atoms with Crippen LogP contribution in [0.25, 0.3) is 0 Å². The zero-order chi connectivity index (χ0) is 19.1. The van der Waals surface area contributed by atoms with Crippen LogP contribution in [0.4, 0.5) is 0 Å². The molecule has 0 saturated carbocycles. The van der Waals surface area contributed by atoms with Gasteiger partial charge >= 0.3 is 0 Å². The summed E-state index contributed by atoms with van der Waals surface area (Å²) in [5, 5.41) is 16.2. The Hall–Kier alpha value is -2.60. The first-order valence-electron chi connectivity index (χ1n) is 8.86. The van der Waals surface area contributed by atoms with Crippen LogP contribution in [-0.4, -0.2) is 26.2 Å². The lowest BCUT2D eigenvalue weighted by atomic mass is 9.69. The molecule has 1 aromatic heterocycles. The summed E-state index contributed by atoms with van der Waals surface area (Å²) in [6, 6.07) is 19.5. The van der Waals surface area contributed by atoms with E-state index in [-0.39, 0.29) is 5.48 Å². The molecule has 1 unspecified atom stereocenters. The molecule has 2 heterocycles. The summed E-state index contributed by atoms with van der Waals surface area (Å²) in [4.78, 5) is 0. The Morgan fingerprint density at radius 3 is 2.04 bits per heavy atom. The maximum absolute atomic E-state index is 11.5. The normalized spacial score (nSPS) is 20.6. The molecule has 1 aliphatic rings. The lowest BCUT2D eigenvalue weighted by Gasteiger charge is -2.39. The predicted molar refractivity (Wildman–Crippen MR) is 109 cm³/mol. The molecule has 3 aromatic rings. The van der Waals surface area contributed by atoms with Crippen LogP contribution in [0, 0.1) is 6.92 Å². The molecule has 0 saturated heterocycles. The first kappa shape index (κ1) is 20.1. The molecule has 1 aliphatic heterocycles. The molecular formula is C22H23ClN2O3. The van der Waals surface area contributed by atoms with Gasteiger partial charge in [-0.1, -0.05) is 72.3 Å². The highest BCUT2D eigenvalue weighted by molar-refractivity contribution is 6.32. The van der Waals surface area contributed by atoms with Crippen molar-refractivity contribution in [1.29, 1.82) is 0 Å². The van der Waals surface area contributed by atoms with Crippen molar-refractivity contribution in [3.05, 3.63) is 101 Å². The lowest BCUT2D eigenvalue weighted by Crippen LogP contribution is -2.48. The molecule has 0 radical (unpaired) electrons. The summed E-state index contributed by atoms with van der Waals surface area (Å²) in [5.74, 6) is -1.04. The maximum Gasteiger partial charge on any atom is 0.223 e. The van der Waals surface area contributed by atoms with Crippen molar-refractivity contribution in [2.24, 2.45) is 0 Å². The molecular weight excluding hydrogens is 376 g/mol. The molecule has 0 amide bonds. The van der Waals surface area contributed by atoms with E-state index in [4.69, 9.17) is 16.3 Å². The fraction of sp³-hybridized carbons (Fsp3) is 0.227.